The van der Waals surface area contributed by atoms with Crippen LogP contribution in [-0.4, -0.2) is 31.1 Å². The number of carbonyl (C=O) groups is 1. The largest absolute Gasteiger partial charge is 0.469 e. The predicted molar refractivity (Wildman–Crippen MR) is 71.0 cm³/mol. The molecule has 0 saturated carbocycles. The van der Waals surface area contributed by atoms with Crippen molar-refractivity contribution in [2.24, 2.45) is 11.8 Å². The molecule has 0 aliphatic carbocycles. The first-order valence-electron chi connectivity index (χ1n) is 6.58. The summed E-state index contributed by atoms with van der Waals surface area (Å²) in [6.07, 6.45) is 1.03. The van der Waals surface area contributed by atoms with Crippen LogP contribution in [0.2, 0.25) is 0 Å². The summed E-state index contributed by atoms with van der Waals surface area (Å²) in [6, 6.07) is 10.4. The Balaban J connectivity index is 1.99. The van der Waals surface area contributed by atoms with Gasteiger partial charge in [-0.25, -0.2) is 0 Å². The van der Waals surface area contributed by atoms with Crippen LogP contribution in [0.5, 0.6) is 0 Å². The molecule has 2 unspecified atom stereocenters. The lowest BCUT2D eigenvalue weighted by atomic mass is 9.94. The summed E-state index contributed by atoms with van der Waals surface area (Å²) in [4.78, 5) is 14.1. The third kappa shape index (κ3) is 2.91. The third-order valence-corrected chi connectivity index (χ3v) is 3.79. The van der Waals surface area contributed by atoms with Crippen LogP contribution in [0.15, 0.2) is 30.3 Å². The number of carbonyl (C=O) groups excluding carboxylic acids is 1. The van der Waals surface area contributed by atoms with E-state index < -0.39 is 0 Å². The molecule has 0 bridgehead atoms. The monoisotopic (exact) mass is 247 g/mol. The fraction of sp³-hybridized carbons (Fsp3) is 0.533. The standard InChI is InChI=1S/C15H21NO2/c1-3-13-10-16(11-14(13)15(17)18-2)9-12-7-5-4-6-8-12/h4-8,13-14H,3,9-11H2,1-2H3. The van der Waals surface area contributed by atoms with Crippen LogP contribution < -0.4 is 0 Å². The van der Waals surface area contributed by atoms with Crippen molar-refractivity contribution in [1.82, 2.24) is 4.90 Å². The zero-order valence-electron chi connectivity index (χ0n) is 11.1. The van der Waals surface area contributed by atoms with Crippen molar-refractivity contribution >= 4 is 5.97 Å². The van der Waals surface area contributed by atoms with Gasteiger partial charge in [-0.3, -0.25) is 9.69 Å². The Kier molecular flexibility index (Phi) is 4.37. The Morgan fingerprint density at radius 1 is 1.33 bits per heavy atom. The Morgan fingerprint density at radius 2 is 2.06 bits per heavy atom. The van der Waals surface area contributed by atoms with Crippen LogP contribution in [0.1, 0.15) is 18.9 Å². The summed E-state index contributed by atoms with van der Waals surface area (Å²) in [5, 5.41) is 0. The number of nitrogens with zero attached hydrogens (tertiary/aromatic N) is 1. The van der Waals surface area contributed by atoms with E-state index in [9.17, 15) is 4.79 Å². The van der Waals surface area contributed by atoms with Crippen molar-refractivity contribution in [3.8, 4) is 0 Å². The zero-order chi connectivity index (χ0) is 13.0. The molecule has 0 radical (unpaired) electrons. The number of esters is 1. The second-order valence-electron chi connectivity index (χ2n) is 4.98. The molecule has 1 fully saturated rings. The lowest BCUT2D eigenvalue weighted by Gasteiger charge is -2.15. The summed E-state index contributed by atoms with van der Waals surface area (Å²) in [5.74, 6) is 0.419. The van der Waals surface area contributed by atoms with Crippen LogP contribution in [0, 0.1) is 11.8 Å². The van der Waals surface area contributed by atoms with Crippen LogP contribution in [0.25, 0.3) is 0 Å². The number of hydrogen-bond acceptors (Lipinski definition) is 3. The minimum absolute atomic E-state index is 0.0451. The molecule has 2 rings (SSSR count). The molecule has 1 saturated heterocycles. The average molecular weight is 247 g/mol. The van der Waals surface area contributed by atoms with E-state index in [4.69, 9.17) is 4.74 Å². The first-order valence-corrected chi connectivity index (χ1v) is 6.58. The smallest absolute Gasteiger partial charge is 0.310 e. The zero-order valence-corrected chi connectivity index (χ0v) is 11.1. The second kappa shape index (κ2) is 6.01. The molecule has 0 aromatic heterocycles. The van der Waals surface area contributed by atoms with Gasteiger partial charge in [0.25, 0.3) is 0 Å². The number of ether oxygens (including phenoxy) is 1. The SMILES string of the molecule is CCC1CN(Cc2ccccc2)CC1C(=O)OC. The highest BCUT2D eigenvalue weighted by molar-refractivity contribution is 5.73. The van der Waals surface area contributed by atoms with Gasteiger partial charge in [0.1, 0.15) is 0 Å². The topological polar surface area (TPSA) is 29.5 Å². The third-order valence-electron chi connectivity index (χ3n) is 3.79. The number of methoxy groups -OCH3 is 1. The molecule has 1 aromatic rings. The summed E-state index contributed by atoms with van der Waals surface area (Å²) < 4.78 is 4.90. The Morgan fingerprint density at radius 3 is 2.67 bits per heavy atom. The van der Waals surface area contributed by atoms with Crippen molar-refractivity contribution < 1.29 is 9.53 Å². The van der Waals surface area contributed by atoms with Gasteiger partial charge in [-0.1, -0.05) is 43.7 Å². The Hall–Kier alpha value is -1.35. The van der Waals surface area contributed by atoms with Crippen LogP contribution >= 0.6 is 0 Å². The van der Waals surface area contributed by atoms with Gasteiger partial charge in [0.15, 0.2) is 0 Å². The molecule has 1 heterocycles. The molecule has 2 atom stereocenters. The maximum absolute atomic E-state index is 11.7. The summed E-state index contributed by atoms with van der Waals surface area (Å²) >= 11 is 0. The van der Waals surface area contributed by atoms with Crippen molar-refractivity contribution in [1.29, 1.82) is 0 Å². The molecule has 0 spiro atoms. The number of likely N-dealkylation sites (tertiary alicyclic amines) is 1. The van der Waals surface area contributed by atoms with E-state index in [1.54, 1.807) is 0 Å². The predicted octanol–water partition coefficient (Wildman–Crippen LogP) is 2.32. The minimum Gasteiger partial charge on any atom is -0.469 e. The summed E-state index contributed by atoms with van der Waals surface area (Å²) in [5.41, 5.74) is 1.30. The van der Waals surface area contributed by atoms with E-state index >= 15 is 0 Å². The van der Waals surface area contributed by atoms with Gasteiger partial charge in [0.05, 0.1) is 13.0 Å². The first-order chi connectivity index (χ1) is 8.74. The number of hydrogen-bond donors (Lipinski definition) is 0. The van der Waals surface area contributed by atoms with Crippen LogP contribution in [0.3, 0.4) is 0 Å². The molecular formula is C15H21NO2. The maximum atomic E-state index is 11.7. The highest BCUT2D eigenvalue weighted by Gasteiger charge is 2.36. The number of benzene rings is 1. The summed E-state index contributed by atoms with van der Waals surface area (Å²) in [7, 11) is 1.48. The van der Waals surface area contributed by atoms with Crippen molar-refractivity contribution in [3.05, 3.63) is 35.9 Å². The highest BCUT2D eigenvalue weighted by atomic mass is 16.5. The van der Waals surface area contributed by atoms with Crippen LogP contribution in [0.4, 0.5) is 0 Å². The Bertz CT molecular complexity index is 391. The van der Waals surface area contributed by atoms with Gasteiger partial charge in [-0.2, -0.15) is 0 Å². The first kappa shape index (κ1) is 13.1. The minimum atomic E-state index is -0.0580. The molecule has 0 amide bonds. The van der Waals surface area contributed by atoms with E-state index in [0.29, 0.717) is 5.92 Å². The van der Waals surface area contributed by atoms with Crippen LogP contribution in [-0.2, 0) is 16.1 Å². The van der Waals surface area contributed by atoms with E-state index in [1.165, 1.54) is 12.7 Å². The van der Waals surface area contributed by atoms with Crippen molar-refractivity contribution in [2.45, 2.75) is 19.9 Å². The Labute approximate surface area is 109 Å². The lowest BCUT2D eigenvalue weighted by molar-refractivity contribution is -0.146. The van der Waals surface area contributed by atoms with E-state index in [-0.39, 0.29) is 11.9 Å². The van der Waals surface area contributed by atoms with Crippen molar-refractivity contribution in [3.63, 3.8) is 0 Å². The fourth-order valence-corrected chi connectivity index (χ4v) is 2.76. The van der Waals surface area contributed by atoms with Gasteiger partial charge in [-0.05, 0) is 11.5 Å². The molecular weight excluding hydrogens is 226 g/mol. The molecule has 3 nitrogen and oxygen atoms in total. The number of rotatable bonds is 4. The fourth-order valence-electron chi connectivity index (χ4n) is 2.76. The highest BCUT2D eigenvalue weighted by Crippen LogP contribution is 2.28. The maximum Gasteiger partial charge on any atom is 0.310 e. The van der Waals surface area contributed by atoms with Gasteiger partial charge in [0, 0.05) is 19.6 Å². The van der Waals surface area contributed by atoms with Gasteiger partial charge < -0.3 is 4.74 Å². The molecule has 3 heteroatoms. The normalized spacial score (nSPS) is 24.1. The molecule has 1 aromatic carbocycles. The van der Waals surface area contributed by atoms with E-state index in [1.807, 2.05) is 6.07 Å². The van der Waals surface area contributed by atoms with E-state index in [0.717, 1.165) is 26.1 Å². The molecule has 1 aliphatic heterocycles. The van der Waals surface area contributed by atoms with Gasteiger partial charge in [-0.15, -0.1) is 0 Å². The van der Waals surface area contributed by atoms with Gasteiger partial charge in [0.2, 0.25) is 0 Å². The molecule has 1 aliphatic rings. The molecule has 98 valence electrons. The average Bonchev–Trinajstić information content (AvgIpc) is 2.82. The quantitative estimate of drug-likeness (QED) is 0.765. The van der Waals surface area contributed by atoms with E-state index in [2.05, 4.69) is 36.1 Å². The summed E-state index contributed by atoms with van der Waals surface area (Å²) in [6.45, 7) is 4.88. The van der Waals surface area contributed by atoms with Crippen molar-refractivity contribution in [2.75, 3.05) is 20.2 Å². The second-order valence-corrected chi connectivity index (χ2v) is 4.98. The molecule has 18 heavy (non-hydrogen) atoms. The molecule has 0 N–H and O–H groups in total. The lowest BCUT2D eigenvalue weighted by Crippen LogP contribution is -2.24. The van der Waals surface area contributed by atoms with Gasteiger partial charge >= 0.3 is 5.97 Å².